The number of fused-ring (bicyclic) bond motifs is 1. The summed E-state index contributed by atoms with van der Waals surface area (Å²) >= 11 is 0. The topological polar surface area (TPSA) is 84.9 Å². The number of carbonyl (C=O) groups is 1. The second kappa shape index (κ2) is 8.65. The number of ether oxygens (including phenoxy) is 2. The summed E-state index contributed by atoms with van der Waals surface area (Å²) in [5.41, 5.74) is 1.99. The second-order valence-electron chi connectivity index (χ2n) is 7.72. The molecule has 0 aromatic heterocycles. The number of hydrogen-bond acceptors (Lipinski definition) is 5. The summed E-state index contributed by atoms with van der Waals surface area (Å²) < 4.78 is 39.5. The molecule has 7 nitrogen and oxygen atoms in total. The van der Waals surface area contributed by atoms with Gasteiger partial charge in [0.1, 0.15) is 6.61 Å². The van der Waals surface area contributed by atoms with E-state index < -0.39 is 16.1 Å². The van der Waals surface area contributed by atoms with E-state index in [1.54, 1.807) is 6.07 Å². The Balaban J connectivity index is 1.42. The highest BCUT2D eigenvalue weighted by Gasteiger charge is 2.32. The van der Waals surface area contributed by atoms with Crippen molar-refractivity contribution in [2.75, 3.05) is 19.7 Å². The minimum Gasteiger partial charge on any atom is -0.485 e. The molecule has 0 aliphatic carbocycles. The normalized spacial score (nSPS) is 18.8. The van der Waals surface area contributed by atoms with Gasteiger partial charge in [-0.2, -0.15) is 0 Å². The van der Waals surface area contributed by atoms with Gasteiger partial charge in [0.2, 0.25) is 16.1 Å². The molecule has 30 heavy (non-hydrogen) atoms. The average Bonchev–Trinajstić information content (AvgIpc) is 2.78. The Hall–Kier alpha value is -2.58. The third-order valence-electron chi connectivity index (χ3n) is 5.42. The van der Waals surface area contributed by atoms with Crippen LogP contribution in [-0.2, 0) is 21.4 Å². The summed E-state index contributed by atoms with van der Waals surface area (Å²) in [6, 6.07) is 12.1. The van der Waals surface area contributed by atoms with Gasteiger partial charge in [-0.25, -0.2) is 13.1 Å². The van der Waals surface area contributed by atoms with Crippen LogP contribution >= 0.6 is 0 Å². The highest BCUT2D eigenvalue weighted by molar-refractivity contribution is 7.89. The molecular weight excluding hydrogens is 404 g/mol. The van der Waals surface area contributed by atoms with E-state index in [9.17, 15) is 13.2 Å². The van der Waals surface area contributed by atoms with E-state index in [1.165, 1.54) is 12.1 Å². The first-order chi connectivity index (χ1) is 14.4. The Labute approximate surface area is 177 Å². The van der Waals surface area contributed by atoms with Crippen LogP contribution in [0.3, 0.4) is 0 Å². The van der Waals surface area contributed by atoms with E-state index in [0.29, 0.717) is 11.5 Å². The fourth-order valence-corrected chi connectivity index (χ4v) is 4.66. The molecule has 0 spiro atoms. The summed E-state index contributed by atoms with van der Waals surface area (Å²) in [6.07, 6.45) is 2.46. The van der Waals surface area contributed by atoms with E-state index in [4.69, 9.17) is 9.47 Å². The van der Waals surface area contributed by atoms with Gasteiger partial charge in [0.15, 0.2) is 11.5 Å². The third kappa shape index (κ3) is 4.60. The van der Waals surface area contributed by atoms with Crippen LogP contribution in [0.25, 0.3) is 0 Å². The summed E-state index contributed by atoms with van der Waals surface area (Å²) in [7, 11) is -3.71. The lowest BCUT2D eigenvalue weighted by atomic mass is 10.1. The number of amides is 1. The van der Waals surface area contributed by atoms with Gasteiger partial charge in [0.05, 0.1) is 4.90 Å². The Morgan fingerprint density at radius 2 is 1.80 bits per heavy atom. The van der Waals surface area contributed by atoms with Crippen LogP contribution in [0.5, 0.6) is 11.5 Å². The van der Waals surface area contributed by atoms with Crippen molar-refractivity contribution in [3.05, 3.63) is 53.6 Å². The van der Waals surface area contributed by atoms with Gasteiger partial charge >= 0.3 is 0 Å². The Kier molecular flexibility index (Phi) is 5.97. The van der Waals surface area contributed by atoms with Gasteiger partial charge in [0, 0.05) is 25.7 Å². The van der Waals surface area contributed by atoms with Crippen molar-refractivity contribution < 1.29 is 22.7 Å². The van der Waals surface area contributed by atoms with E-state index in [2.05, 4.69) is 4.72 Å². The van der Waals surface area contributed by atoms with Crippen LogP contribution in [0, 0.1) is 6.92 Å². The number of carbonyl (C=O) groups excluding carboxylic acids is 1. The molecule has 8 heteroatoms. The van der Waals surface area contributed by atoms with Crippen LogP contribution in [0.4, 0.5) is 0 Å². The lowest BCUT2D eigenvalue weighted by Gasteiger charge is -2.32. The quantitative estimate of drug-likeness (QED) is 0.788. The van der Waals surface area contributed by atoms with E-state index in [1.807, 2.05) is 36.1 Å². The Morgan fingerprint density at radius 1 is 1.07 bits per heavy atom. The standard InChI is InChI=1S/C22H26N2O5S/c1-16-5-7-17(8-6-16)14-23-30(26,27)18-9-10-19-20(13-18)28-15-21(29-19)22(25)24-11-3-2-4-12-24/h5-10,13,21,23H,2-4,11-12,14-15H2,1H3/t21-/m0/s1. The van der Waals surface area contributed by atoms with Crippen molar-refractivity contribution in [3.63, 3.8) is 0 Å². The minimum absolute atomic E-state index is 0.0721. The summed E-state index contributed by atoms with van der Waals surface area (Å²) in [5, 5.41) is 0. The molecule has 1 atom stereocenters. The highest BCUT2D eigenvalue weighted by atomic mass is 32.2. The molecule has 0 bridgehead atoms. The molecule has 4 rings (SSSR count). The maximum atomic E-state index is 12.7. The van der Waals surface area contributed by atoms with Crippen molar-refractivity contribution in [3.8, 4) is 11.5 Å². The summed E-state index contributed by atoms with van der Waals surface area (Å²) in [5.74, 6) is 0.641. The van der Waals surface area contributed by atoms with Crippen molar-refractivity contribution in [2.45, 2.75) is 43.7 Å². The smallest absolute Gasteiger partial charge is 0.267 e. The molecule has 0 radical (unpaired) electrons. The van der Waals surface area contributed by atoms with Crippen molar-refractivity contribution in [2.24, 2.45) is 0 Å². The largest absolute Gasteiger partial charge is 0.485 e. The molecule has 160 valence electrons. The molecule has 2 aliphatic rings. The first-order valence-electron chi connectivity index (χ1n) is 10.2. The fourth-order valence-electron chi connectivity index (χ4n) is 3.63. The number of likely N-dealkylation sites (tertiary alicyclic amines) is 1. The van der Waals surface area contributed by atoms with Gasteiger partial charge in [0.25, 0.3) is 5.91 Å². The number of sulfonamides is 1. The van der Waals surface area contributed by atoms with E-state index in [0.717, 1.165) is 43.5 Å². The summed E-state index contributed by atoms with van der Waals surface area (Å²) in [4.78, 5) is 14.6. The molecule has 2 aromatic rings. The van der Waals surface area contributed by atoms with E-state index >= 15 is 0 Å². The number of rotatable bonds is 5. The van der Waals surface area contributed by atoms with Crippen LogP contribution in [-0.4, -0.2) is 45.0 Å². The molecule has 0 saturated carbocycles. The Morgan fingerprint density at radius 3 is 2.53 bits per heavy atom. The number of benzene rings is 2. The second-order valence-corrected chi connectivity index (χ2v) is 9.49. The van der Waals surface area contributed by atoms with E-state index in [-0.39, 0.29) is 24.0 Å². The van der Waals surface area contributed by atoms with Crippen LogP contribution in [0.1, 0.15) is 30.4 Å². The third-order valence-corrected chi connectivity index (χ3v) is 6.81. The van der Waals surface area contributed by atoms with Crippen molar-refractivity contribution in [1.82, 2.24) is 9.62 Å². The van der Waals surface area contributed by atoms with Crippen molar-refractivity contribution in [1.29, 1.82) is 0 Å². The molecule has 0 unspecified atom stereocenters. The van der Waals surface area contributed by atoms with Crippen LogP contribution in [0.2, 0.25) is 0 Å². The molecule has 1 saturated heterocycles. The zero-order chi connectivity index (χ0) is 21.1. The van der Waals surface area contributed by atoms with Gasteiger partial charge < -0.3 is 14.4 Å². The number of hydrogen-bond donors (Lipinski definition) is 1. The molecule has 2 aliphatic heterocycles. The molecular formula is C22H26N2O5S. The van der Waals surface area contributed by atoms with Crippen LogP contribution < -0.4 is 14.2 Å². The first kappa shape index (κ1) is 20.7. The monoisotopic (exact) mass is 430 g/mol. The zero-order valence-corrected chi connectivity index (χ0v) is 17.8. The maximum Gasteiger partial charge on any atom is 0.267 e. The van der Waals surface area contributed by atoms with Crippen LogP contribution in [0.15, 0.2) is 47.4 Å². The predicted octanol–water partition coefficient (Wildman–Crippen LogP) is 2.63. The number of nitrogens with zero attached hydrogens (tertiary/aromatic N) is 1. The highest BCUT2D eigenvalue weighted by Crippen LogP contribution is 2.34. The number of piperidine rings is 1. The zero-order valence-electron chi connectivity index (χ0n) is 17.0. The van der Waals surface area contributed by atoms with Gasteiger partial charge in [-0.3, -0.25) is 4.79 Å². The molecule has 2 aromatic carbocycles. The molecule has 1 amide bonds. The van der Waals surface area contributed by atoms with Crippen molar-refractivity contribution >= 4 is 15.9 Å². The predicted molar refractivity (Wildman–Crippen MR) is 112 cm³/mol. The Bertz CT molecular complexity index is 1010. The SMILES string of the molecule is Cc1ccc(CNS(=O)(=O)c2ccc3c(c2)OC[C@@H](C(=O)N2CCCCC2)O3)cc1. The number of aryl methyl sites for hydroxylation is 1. The lowest BCUT2D eigenvalue weighted by Crippen LogP contribution is -2.48. The lowest BCUT2D eigenvalue weighted by molar-refractivity contribution is -0.142. The number of nitrogens with one attached hydrogen (secondary N) is 1. The molecule has 1 N–H and O–H groups in total. The first-order valence-corrected chi connectivity index (χ1v) is 11.7. The minimum atomic E-state index is -3.71. The van der Waals surface area contributed by atoms with Gasteiger partial charge in [-0.15, -0.1) is 0 Å². The molecule has 2 heterocycles. The fraction of sp³-hybridized carbons (Fsp3) is 0.409. The van der Waals surface area contributed by atoms with Gasteiger partial charge in [-0.05, 0) is 43.9 Å². The summed E-state index contributed by atoms with van der Waals surface area (Å²) in [6.45, 7) is 3.74. The molecule has 1 fully saturated rings. The maximum absolute atomic E-state index is 12.7. The van der Waals surface area contributed by atoms with Gasteiger partial charge in [-0.1, -0.05) is 29.8 Å². The average molecular weight is 431 g/mol.